The Hall–Kier alpha value is -2.31. The molecule has 1 aromatic rings. The highest BCUT2D eigenvalue weighted by atomic mass is 16.2. The van der Waals surface area contributed by atoms with Crippen molar-refractivity contribution in [1.82, 2.24) is 14.5 Å². The van der Waals surface area contributed by atoms with Crippen molar-refractivity contribution in [3.05, 3.63) is 18.3 Å². The van der Waals surface area contributed by atoms with Gasteiger partial charge >= 0.3 is 6.03 Å². The van der Waals surface area contributed by atoms with Gasteiger partial charge in [-0.05, 0) is 13.3 Å². The molecule has 0 aromatic carbocycles. The fourth-order valence-corrected chi connectivity index (χ4v) is 3.16. The quantitative estimate of drug-likeness (QED) is 0.801. The van der Waals surface area contributed by atoms with E-state index in [1.54, 1.807) is 10.6 Å². The molecule has 1 atom stereocenters. The molecule has 7 heteroatoms. The van der Waals surface area contributed by atoms with Crippen LogP contribution < -0.4 is 9.91 Å². The Labute approximate surface area is 136 Å². The second-order valence-electron chi connectivity index (χ2n) is 6.18. The maximum Gasteiger partial charge on any atom is 0.332 e. The van der Waals surface area contributed by atoms with Crippen LogP contribution in [0.4, 0.5) is 16.6 Å². The van der Waals surface area contributed by atoms with Gasteiger partial charge in [-0.15, -0.1) is 6.58 Å². The van der Waals surface area contributed by atoms with E-state index >= 15 is 0 Å². The average molecular weight is 316 g/mol. The zero-order valence-electron chi connectivity index (χ0n) is 14.3. The molecule has 23 heavy (non-hydrogen) atoms. The van der Waals surface area contributed by atoms with Gasteiger partial charge in [0.1, 0.15) is 0 Å². The van der Waals surface area contributed by atoms with E-state index in [2.05, 4.69) is 25.5 Å². The third-order valence-corrected chi connectivity index (χ3v) is 4.42. The molecule has 0 aliphatic carbocycles. The van der Waals surface area contributed by atoms with Gasteiger partial charge < -0.3 is 9.80 Å². The monoisotopic (exact) mass is 316 g/mol. The van der Waals surface area contributed by atoms with E-state index in [0.29, 0.717) is 19.2 Å². The van der Waals surface area contributed by atoms with Crippen molar-refractivity contribution in [2.75, 3.05) is 36.7 Å². The van der Waals surface area contributed by atoms with Crippen LogP contribution in [0.2, 0.25) is 0 Å². The number of fused-ring (bicyclic) bond motifs is 3. The number of carbonyl (C=O) groups excluding carboxylic acids is 1. The lowest BCUT2D eigenvalue weighted by atomic mass is 10.0. The number of hydrogen-bond donors (Lipinski definition) is 0. The van der Waals surface area contributed by atoms with Gasteiger partial charge in [0.25, 0.3) is 0 Å². The largest absolute Gasteiger partial charge is 0.332 e. The summed E-state index contributed by atoms with van der Waals surface area (Å²) in [4.78, 5) is 21.5. The van der Waals surface area contributed by atoms with Gasteiger partial charge in [-0.25, -0.2) is 14.4 Å². The Kier molecular flexibility index (Phi) is 3.87. The summed E-state index contributed by atoms with van der Waals surface area (Å²) in [6.07, 6.45) is 2.73. The van der Waals surface area contributed by atoms with E-state index in [-0.39, 0.29) is 11.9 Å². The molecular weight excluding hydrogens is 292 g/mol. The van der Waals surface area contributed by atoms with Crippen LogP contribution >= 0.6 is 0 Å². The molecule has 0 N–H and O–H groups in total. The van der Waals surface area contributed by atoms with Crippen molar-refractivity contribution >= 4 is 23.5 Å². The standard InChI is InChI=1S/C16H24N6O/c1-6-8-20-10-19(5)15-17-14-13(22(15)16(20)23)11(3)12(4)18-21(14)9-7-2/h7,11H,2,6,8-10H2,1,3-5H3. The predicted molar refractivity (Wildman–Crippen MR) is 92.4 cm³/mol. The lowest BCUT2D eigenvalue weighted by Crippen LogP contribution is -2.49. The highest BCUT2D eigenvalue weighted by Gasteiger charge is 2.38. The minimum atomic E-state index is 0.00815. The summed E-state index contributed by atoms with van der Waals surface area (Å²) in [7, 11) is 1.97. The third kappa shape index (κ3) is 2.31. The van der Waals surface area contributed by atoms with E-state index in [0.717, 1.165) is 30.2 Å². The van der Waals surface area contributed by atoms with Crippen molar-refractivity contribution in [1.29, 1.82) is 0 Å². The fraction of sp³-hybridized carbons (Fsp3) is 0.562. The van der Waals surface area contributed by atoms with Crippen molar-refractivity contribution in [3.8, 4) is 0 Å². The fourth-order valence-electron chi connectivity index (χ4n) is 3.16. The molecule has 0 saturated heterocycles. The normalized spacial score (nSPS) is 20.3. The molecule has 2 aliphatic rings. The van der Waals surface area contributed by atoms with Crippen molar-refractivity contribution in [2.24, 2.45) is 5.10 Å². The first-order valence-electron chi connectivity index (χ1n) is 8.06. The summed E-state index contributed by atoms with van der Waals surface area (Å²) < 4.78 is 1.76. The predicted octanol–water partition coefficient (Wildman–Crippen LogP) is 2.46. The lowest BCUT2D eigenvalue weighted by molar-refractivity contribution is 0.193. The Balaban J connectivity index is 2.14. The minimum Gasteiger partial charge on any atom is -0.327 e. The molecule has 1 unspecified atom stereocenters. The molecule has 3 heterocycles. The summed E-state index contributed by atoms with van der Waals surface area (Å²) in [5.41, 5.74) is 1.90. The van der Waals surface area contributed by atoms with Gasteiger partial charge in [-0.1, -0.05) is 19.9 Å². The SMILES string of the molecule is C=CCN1N=C(C)C(C)c2c1nc1n2C(=O)N(CCC)CN1C. The number of imidazole rings is 1. The summed E-state index contributed by atoms with van der Waals surface area (Å²) in [6, 6.07) is 0.00815. The number of rotatable bonds is 4. The maximum absolute atomic E-state index is 12.9. The first-order chi connectivity index (χ1) is 11.0. The van der Waals surface area contributed by atoms with E-state index < -0.39 is 0 Å². The van der Waals surface area contributed by atoms with Crippen LogP contribution in [0.3, 0.4) is 0 Å². The molecular formula is C16H24N6O. The van der Waals surface area contributed by atoms with Crippen molar-refractivity contribution in [3.63, 3.8) is 0 Å². The summed E-state index contributed by atoms with van der Waals surface area (Å²) in [5.74, 6) is 1.51. The second kappa shape index (κ2) is 5.72. The van der Waals surface area contributed by atoms with Crippen molar-refractivity contribution in [2.45, 2.75) is 33.1 Å². The molecule has 124 valence electrons. The summed E-state index contributed by atoms with van der Waals surface area (Å²) in [5, 5.41) is 6.43. The van der Waals surface area contributed by atoms with E-state index in [1.165, 1.54) is 0 Å². The van der Waals surface area contributed by atoms with E-state index in [1.807, 2.05) is 28.8 Å². The molecule has 1 aromatic heterocycles. The lowest BCUT2D eigenvalue weighted by Gasteiger charge is -2.35. The Morgan fingerprint density at radius 1 is 1.43 bits per heavy atom. The first kappa shape index (κ1) is 15.6. The molecule has 7 nitrogen and oxygen atoms in total. The van der Waals surface area contributed by atoms with Crippen LogP contribution in [0, 0.1) is 0 Å². The van der Waals surface area contributed by atoms with Gasteiger partial charge in [0.05, 0.1) is 18.9 Å². The van der Waals surface area contributed by atoms with Crippen LogP contribution in [0.5, 0.6) is 0 Å². The van der Waals surface area contributed by atoms with Crippen LogP contribution in [0.15, 0.2) is 17.8 Å². The number of aromatic nitrogens is 2. The molecule has 1 amide bonds. The van der Waals surface area contributed by atoms with Crippen molar-refractivity contribution < 1.29 is 4.79 Å². The zero-order valence-corrected chi connectivity index (χ0v) is 14.3. The average Bonchev–Trinajstić information content (AvgIpc) is 2.92. The van der Waals surface area contributed by atoms with Crippen LogP contribution in [0.25, 0.3) is 0 Å². The highest BCUT2D eigenvalue weighted by Crippen LogP contribution is 2.38. The van der Waals surface area contributed by atoms with Gasteiger partial charge in [-0.3, -0.25) is 0 Å². The van der Waals surface area contributed by atoms with Crippen LogP contribution in [0.1, 0.15) is 38.8 Å². The smallest absolute Gasteiger partial charge is 0.327 e. The first-order valence-corrected chi connectivity index (χ1v) is 8.06. The number of nitrogens with zero attached hydrogens (tertiary/aromatic N) is 6. The van der Waals surface area contributed by atoms with Crippen LogP contribution in [-0.4, -0.2) is 53.0 Å². The van der Waals surface area contributed by atoms with E-state index in [9.17, 15) is 4.79 Å². The number of hydrogen-bond acceptors (Lipinski definition) is 5. The number of anilines is 2. The second-order valence-corrected chi connectivity index (χ2v) is 6.18. The number of amides is 1. The maximum atomic E-state index is 12.9. The minimum absolute atomic E-state index is 0.00815. The third-order valence-electron chi connectivity index (χ3n) is 4.42. The molecule has 0 spiro atoms. The van der Waals surface area contributed by atoms with Gasteiger partial charge in [0.2, 0.25) is 5.95 Å². The molecule has 0 bridgehead atoms. The summed E-state index contributed by atoms with van der Waals surface area (Å²) >= 11 is 0. The van der Waals surface area contributed by atoms with Gasteiger partial charge in [0, 0.05) is 25.2 Å². The highest BCUT2D eigenvalue weighted by molar-refractivity contribution is 5.95. The molecule has 0 saturated carbocycles. The van der Waals surface area contributed by atoms with Gasteiger partial charge in [-0.2, -0.15) is 10.1 Å². The van der Waals surface area contributed by atoms with Gasteiger partial charge in [0.15, 0.2) is 5.82 Å². The Morgan fingerprint density at radius 2 is 2.17 bits per heavy atom. The molecule has 0 fully saturated rings. The van der Waals surface area contributed by atoms with Crippen LogP contribution in [-0.2, 0) is 0 Å². The number of carbonyl (C=O) groups is 1. The molecule has 0 radical (unpaired) electrons. The topological polar surface area (TPSA) is 57.0 Å². The summed E-state index contributed by atoms with van der Waals surface area (Å²) in [6.45, 7) is 11.8. The Bertz CT molecular complexity index is 676. The van der Waals surface area contributed by atoms with E-state index in [4.69, 9.17) is 4.98 Å². The Morgan fingerprint density at radius 3 is 2.83 bits per heavy atom. The number of hydrazone groups is 1. The molecule has 2 aliphatic heterocycles. The molecule has 3 rings (SSSR count). The zero-order chi connectivity index (χ0) is 16.7.